The molecule has 156 valence electrons. The lowest BCUT2D eigenvalue weighted by molar-refractivity contribution is 0.0593. The van der Waals surface area contributed by atoms with Crippen LogP contribution >= 0.6 is 0 Å². The molecule has 1 unspecified atom stereocenters. The van der Waals surface area contributed by atoms with Crippen LogP contribution in [0.2, 0.25) is 0 Å². The van der Waals surface area contributed by atoms with E-state index >= 15 is 0 Å². The molecular formula is C24H24FNO4. The van der Waals surface area contributed by atoms with Crippen molar-refractivity contribution in [3.8, 4) is 0 Å². The van der Waals surface area contributed by atoms with Crippen LogP contribution in [-0.2, 0) is 4.74 Å². The van der Waals surface area contributed by atoms with Crippen molar-refractivity contribution in [2.45, 2.75) is 39.3 Å². The number of rotatable bonds is 6. The number of hydrogen-bond acceptors (Lipinski definition) is 4. The van der Waals surface area contributed by atoms with Crippen molar-refractivity contribution in [1.29, 1.82) is 0 Å². The Morgan fingerprint density at radius 3 is 2.57 bits per heavy atom. The molecule has 0 aliphatic carbocycles. The van der Waals surface area contributed by atoms with Crippen LogP contribution in [0.3, 0.4) is 0 Å². The molecule has 1 amide bonds. The number of nitrogens with zero attached hydrogens (tertiary/aromatic N) is 1. The summed E-state index contributed by atoms with van der Waals surface area (Å²) in [6, 6.07) is 10.6. The van der Waals surface area contributed by atoms with Crippen LogP contribution in [0.4, 0.5) is 4.39 Å². The second-order valence-corrected chi connectivity index (χ2v) is 7.90. The van der Waals surface area contributed by atoms with E-state index in [0.29, 0.717) is 41.7 Å². The first-order valence-corrected chi connectivity index (χ1v) is 10.1. The predicted octanol–water partition coefficient (Wildman–Crippen LogP) is 4.60. The first-order chi connectivity index (χ1) is 14.4. The summed E-state index contributed by atoms with van der Waals surface area (Å²) in [5.41, 5.74) is 2.08. The third-order valence-electron chi connectivity index (χ3n) is 5.30. The van der Waals surface area contributed by atoms with Gasteiger partial charge in [0, 0.05) is 13.2 Å². The van der Waals surface area contributed by atoms with Crippen molar-refractivity contribution in [3.05, 3.63) is 81.0 Å². The molecule has 0 N–H and O–H groups in total. The largest absolute Gasteiger partial charge is 0.450 e. The molecule has 2 heterocycles. The monoisotopic (exact) mass is 409 g/mol. The van der Waals surface area contributed by atoms with E-state index in [1.165, 1.54) is 12.1 Å². The van der Waals surface area contributed by atoms with Crippen LogP contribution in [0, 0.1) is 12.7 Å². The molecule has 5 nitrogen and oxygen atoms in total. The number of carbonyl (C=O) groups excluding carboxylic acids is 1. The van der Waals surface area contributed by atoms with Crippen molar-refractivity contribution in [2.75, 3.05) is 13.2 Å². The summed E-state index contributed by atoms with van der Waals surface area (Å²) >= 11 is 0. The van der Waals surface area contributed by atoms with Crippen LogP contribution in [0.5, 0.6) is 0 Å². The molecule has 6 heteroatoms. The Hall–Kier alpha value is -2.99. The zero-order valence-corrected chi connectivity index (χ0v) is 17.3. The minimum Gasteiger partial charge on any atom is -0.450 e. The van der Waals surface area contributed by atoms with Gasteiger partial charge in [-0.15, -0.1) is 0 Å². The van der Waals surface area contributed by atoms with Gasteiger partial charge in [0.2, 0.25) is 5.76 Å². The molecule has 30 heavy (non-hydrogen) atoms. The highest BCUT2D eigenvalue weighted by Gasteiger charge is 2.42. The lowest BCUT2D eigenvalue weighted by Gasteiger charge is -2.25. The molecule has 1 aromatic heterocycles. The minimum atomic E-state index is -0.617. The van der Waals surface area contributed by atoms with Crippen molar-refractivity contribution in [3.63, 3.8) is 0 Å². The quantitative estimate of drug-likeness (QED) is 0.558. The smallest absolute Gasteiger partial charge is 0.290 e. The molecule has 0 saturated carbocycles. The molecule has 0 radical (unpaired) electrons. The van der Waals surface area contributed by atoms with Gasteiger partial charge in [0.1, 0.15) is 11.4 Å². The highest BCUT2D eigenvalue weighted by atomic mass is 19.1. The summed E-state index contributed by atoms with van der Waals surface area (Å²) in [5.74, 6) is -0.639. The standard InChI is InChI=1S/C24H24FNO4/c1-14(2)29-12-4-11-26-21(16-6-8-17(25)9-7-16)20-22(27)18-13-15(3)5-10-19(18)30-23(20)24(26)28/h5-10,13-14,21H,4,11-12H2,1-3H3. The SMILES string of the molecule is Cc1ccc2oc3c(c(=O)c2c1)C(c1ccc(F)cc1)N(CCCOC(C)C)C3=O. The average Bonchev–Trinajstić information content (AvgIpc) is 2.99. The summed E-state index contributed by atoms with van der Waals surface area (Å²) < 4.78 is 25.0. The van der Waals surface area contributed by atoms with E-state index in [9.17, 15) is 14.0 Å². The average molecular weight is 409 g/mol. The van der Waals surface area contributed by atoms with Gasteiger partial charge < -0.3 is 14.1 Å². The fourth-order valence-corrected chi connectivity index (χ4v) is 3.91. The third kappa shape index (κ3) is 3.63. The number of fused-ring (bicyclic) bond motifs is 2. The van der Waals surface area contributed by atoms with Gasteiger partial charge in [-0.2, -0.15) is 0 Å². The van der Waals surface area contributed by atoms with E-state index in [4.69, 9.17) is 9.15 Å². The summed E-state index contributed by atoms with van der Waals surface area (Å²) in [5, 5.41) is 0.443. The first-order valence-electron chi connectivity index (χ1n) is 10.1. The number of amides is 1. The molecule has 1 aliphatic rings. The minimum absolute atomic E-state index is 0.0652. The van der Waals surface area contributed by atoms with Crippen molar-refractivity contribution in [2.24, 2.45) is 0 Å². The normalized spacial score (nSPS) is 16.0. The summed E-state index contributed by atoms with van der Waals surface area (Å²) in [6.45, 7) is 6.70. The maximum absolute atomic E-state index is 13.5. The maximum Gasteiger partial charge on any atom is 0.290 e. The van der Waals surface area contributed by atoms with Crippen molar-refractivity contribution < 1.29 is 18.3 Å². The van der Waals surface area contributed by atoms with Gasteiger partial charge in [0.25, 0.3) is 5.91 Å². The maximum atomic E-state index is 13.5. The van der Waals surface area contributed by atoms with Gasteiger partial charge >= 0.3 is 0 Å². The molecule has 4 rings (SSSR count). The second kappa shape index (κ2) is 8.03. The molecule has 0 saturated heterocycles. The van der Waals surface area contributed by atoms with Crippen LogP contribution in [-0.4, -0.2) is 30.1 Å². The van der Waals surface area contributed by atoms with Crippen LogP contribution in [0.15, 0.2) is 51.7 Å². The predicted molar refractivity (Wildman–Crippen MR) is 112 cm³/mol. The highest BCUT2D eigenvalue weighted by molar-refractivity contribution is 5.99. The van der Waals surface area contributed by atoms with Crippen molar-refractivity contribution in [1.82, 2.24) is 4.90 Å². The van der Waals surface area contributed by atoms with Crippen LogP contribution < -0.4 is 5.43 Å². The van der Waals surface area contributed by atoms with E-state index < -0.39 is 6.04 Å². The first kappa shape index (κ1) is 20.3. The lowest BCUT2D eigenvalue weighted by atomic mass is 9.98. The summed E-state index contributed by atoms with van der Waals surface area (Å²) in [7, 11) is 0. The number of hydrogen-bond donors (Lipinski definition) is 0. The number of halogens is 1. The zero-order chi connectivity index (χ0) is 21.4. The number of ether oxygens (including phenoxy) is 1. The van der Waals surface area contributed by atoms with Gasteiger partial charge in [0.15, 0.2) is 5.43 Å². The fourth-order valence-electron chi connectivity index (χ4n) is 3.91. The van der Waals surface area contributed by atoms with E-state index in [2.05, 4.69) is 0 Å². The third-order valence-corrected chi connectivity index (χ3v) is 5.30. The lowest BCUT2D eigenvalue weighted by Crippen LogP contribution is -2.31. The molecular weight excluding hydrogens is 385 g/mol. The second-order valence-electron chi connectivity index (χ2n) is 7.90. The number of benzene rings is 2. The van der Waals surface area contributed by atoms with Gasteiger partial charge in [-0.05, 0) is 57.0 Å². The highest BCUT2D eigenvalue weighted by Crippen LogP contribution is 2.38. The topological polar surface area (TPSA) is 59.8 Å². The van der Waals surface area contributed by atoms with Crippen LogP contribution in [0.25, 0.3) is 11.0 Å². The Labute approximate surface area is 174 Å². The fraction of sp³-hybridized carbons (Fsp3) is 0.333. The van der Waals surface area contributed by atoms with E-state index in [0.717, 1.165) is 5.56 Å². The molecule has 1 atom stereocenters. The molecule has 0 spiro atoms. The zero-order valence-electron chi connectivity index (χ0n) is 17.3. The van der Waals surface area contributed by atoms with Gasteiger partial charge in [-0.3, -0.25) is 9.59 Å². The Morgan fingerprint density at radius 1 is 1.13 bits per heavy atom. The van der Waals surface area contributed by atoms with Crippen LogP contribution in [0.1, 0.15) is 53.6 Å². The van der Waals surface area contributed by atoms with Gasteiger partial charge in [-0.25, -0.2) is 4.39 Å². The number of aryl methyl sites for hydroxylation is 1. The summed E-state index contributed by atoms with van der Waals surface area (Å²) in [4.78, 5) is 28.2. The van der Waals surface area contributed by atoms with E-state index in [1.54, 1.807) is 29.2 Å². The van der Waals surface area contributed by atoms with Crippen molar-refractivity contribution >= 4 is 16.9 Å². The molecule has 0 fully saturated rings. The van der Waals surface area contributed by atoms with E-state index in [-0.39, 0.29) is 29.0 Å². The van der Waals surface area contributed by atoms with E-state index in [1.807, 2.05) is 26.8 Å². The molecule has 2 aromatic carbocycles. The molecule has 1 aliphatic heterocycles. The Bertz CT molecular complexity index is 1150. The molecule has 0 bridgehead atoms. The Balaban J connectivity index is 1.81. The Kier molecular flexibility index (Phi) is 5.43. The summed E-state index contributed by atoms with van der Waals surface area (Å²) in [6.07, 6.45) is 0.712. The van der Waals surface area contributed by atoms with Gasteiger partial charge in [0.05, 0.1) is 23.1 Å². The number of carbonyl (C=O) groups is 1. The van der Waals surface area contributed by atoms with Gasteiger partial charge in [-0.1, -0.05) is 23.8 Å². The molecule has 3 aromatic rings. The Morgan fingerprint density at radius 2 is 1.87 bits per heavy atom.